The van der Waals surface area contributed by atoms with Crippen LogP contribution in [-0.4, -0.2) is 23.1 Å². The highest BCUT2D eigenvalue weighted by Gasteiger charge is 2.46. The Morgan fingerprint density at radius 1 is 1.82 bits per heavy atom. The Balaban J connectivity index is 2.84. The third kappa shape index (κ3) is 1.28. The van der Waals surface area contributed by atoms with Crippen LogP contribution in [-0.2, 0) is 14.3 Å². The monoisotopic (exact) mass is 192 g/mol. The summed E-state index contributed by atoms with van der Waals surface area (Å²) in [5, 5.41) is 1.48. The molecular weight excluding hydrogens is 188 g/mol. The van der Waals surface area contributed by atoms with Gasteiger partial charge in [-0.1, -0.05) is 23.4 Å². The van der Waals surface area contributed by atoms with Crippen LogP contribution in [0.5, 0.6) is 0 Å². The van der Waals surface area contributed by atoms with Crippen LogP contribution in [0.3, 0.4) is 0 Å². The van der Waals surface area contributed by atoms with Crippen molar-refractivity contribution in [1.82, 2.24) is 0 Å². The SMILES string of the molecule is COC(=O)[C@@]1(Cl)SC=CC1=O. The molecule has 0 saturated carbocycles. The van der Waals surface area contributed by atoms with Gasteiger partial charge in [0, 0.05) is 0 Å². The van der Waals surface area contributed by atoms with Crippen LogP contribution in [0, 0.1) is 0 Å². The van der Waals surface area contributed by atoms with Gasteiger partial charge in [0.05, 0.1) is 7.11 Å². The van der Waals surface area contributed by atoms with Crippen LogP contribution < -0.4 is 0 Å². The van der Waals surface area contributed by atoms with Crippen molar-refractivity contribution in [3.8, 4) is 0 Å². The molecule has 0 unspecified atom stereocenters. The van der Waals surface area contributed by atoms with Gasteiger partial charge in [0.1, 0.15) is 0 Å². The highest BCUT2D eigenvalue weighted by molar-refractivity contribution is 8.06. The van der Waals surface area contributed by atoms with E-state index < -0.39 is 16.0 Å². The van der Waals surface area contributed by atoms with Gasteiger partial charge in [0.25, 0.3) is 4.21 Å². The van der Waals surface area contributed by atoms with Gasteiger partial charge in [0.2, 0.25) is 0 Å². The molecule has 0 aromatic heterocycles. The summed E-state index contributed by atoms with van der Waals surface area (Å²) in [5.74, 6) is -1.16. The van der Waals surface area contributed by atoms with Gasteiger partial charge in [-0.3, -0.25) is 4.79 Å². The second kappa shape index (κ2) is 2.87. The quantitative estimate of drug-likeness (QED) is 0.352. The fourth-order valence-electron chi connectivity index (χ4n) is 0.635. The Bertz CT molecular complexity index is 238. The van der Waals surface area contributed by atoms with Gasteiger partial charge in [-0.2, -0.15) is 0 Å². The average molecular weight is 193 g/mol. The standard InChI is InChI=1S/C6H5ClO3S/c1-10-5(9)6(7)4(8)2-3-11-6/h2-3H,1H3/t6-/m0/s1. The number of carbonyl (C=O) groups is 2. The van der Waals surface area contributed by atoms with E-state index in [9.17, 15) is 9.59 Å². The molecule has 0 saturated heterocycles. The number of rotatable bonds is 1. The van der Waals surface area contributed by atoms with Crippen molar-refractivity contribution in [3.05, 3.63) is 11.5 Å². The molecule has 0 bridgehead atoms. The second-order valence-corrected chi connectivity index (χ2v) is 3.78. The number of carbonyl (C=O) groups excluding carboxylic acids is 2. The van der Waals surface area contributed by atoms with E-state index in [2.05, 4.69) is 4.74 Å². The number of ether oxygens (including phenoxy) is 1. The zero-order valence-electron chi connectivity index (χ0n) is 5.67. The van der Waals surface area contributed by atoms with Gasteiger partial charge in [-0.25, -0.2) is 4.79 Å². The van der Waals surface area contributed by atoms with Crippen LogP contribution in [0.15, 0.2) is 11.5 Å². The van der Waals surface area contributed by atoms with Crippen LogP contribution in [0.4, 0.5) is 0 Å². The van der Waals surface area contributed by atoms with E-state index in [1.54, 1.807) is 0 Å². The fourth-order valence-corrected chi connectivity index (χ4v) is 1.67. The van der Waals surface area contributed by atoms with Crippen molar-refractivity contribution in [3.63, 3.8) is 0 Å². The maximum Gasteiger partial charge on any atom is 0.345 e. The average Bonchev–Trinajstić information content (AvgIpc) is 2.32. The minimum absolute atomic E-state index is 0.434. The first-order chi connectivity index (χ1) is 5.11. The number of hydrogen-bond acceptors (Lipinski definition) is 4. The number of esters is 1. The Morgan fingerprint density at radius 2 is 2.45 bits per heavy atom. The molecule has 1 atom stereocenters. The minimum Gasteiger partial charge on any atom is -0.467 e. The first kappa shape index (κ1) is 8.62. The fraction of sp³-hybridized carbons (Fsp3) is 0.333. The number of hydrogen-bond donors (Lipinski definition) is 0. The van der Waals surface area contributed by atoms with Crippen molar-refractivity contribution in [2.45, 2.75) is 4.21 Å². The van der Waals surface area contributed by atoms with Crippen LogP contribution >= 0.6 is 23.4 Å². The molecule has 5 heteroatoms. The van der Waals surface area contributed by atoms with Crippen molar-refractivity contribution < 1.29 is 14.3 Å². The van der Waals surface area contributed by atoms with Crippen LogP contribution in [0.1, 0.15) is 0 Å². The molecule has 3 nitrogen and oxygen atoms in total. The highest BCUT2D eigenvalue weighted by Crippen LogP contribution is 2.38. The van der Waals surface area contributed by atoms with Gasteiger partial charge in [0.15, 0.2) is 5.78 Å². The first-order valence-electron chi connectivity index (χ1n) is 2.77. The summed E-state index contributed by atoms with van der Waals surface area (Å²) >= 11 is 6.59. The van der Waals surface area contributed by atoms with E-state index in [-0.39, 0.29) is 0 Å². The second-order valence-electron chi connectivity index (χ2n) is 1.87. The molecule has 1 heterocycles. The van der Waals surface area contributed by atoms with Crippen molar-refractivity contribution in [2.75, 3.05) is 7.11 Å². The third-order valence-corrected chi connectivity index (χ3v) is 2.79. The Morgan fingerprint density at radius 3 is 2.82 bits per heavy atom. The Labute approximate surface area is 72.7 Å². The molecule has 0 radical (unpaired) electrons. The van der Waals surface area contributed by atoms with Gasteiger partial charge < -0.3 is 4.74 Å². The van der Waals surface area contributed by atoms with Gasteiger partial charge in [-0.15, -0.1) is 0 Å². The zero-order valence-corrected chi connectivity index (χ0v) is 7.24. The molecular formula is C6H5ClO3S. The predicted molar refractivity (Wildman–Crippen MR) is 42.3 cm³/mol. The van der Waals surface area contributed by atoms with Gasteiger partial charge in [-0.05, 0) is 11.5 Å². The molecule has 1 aliphatic rings. The van der Waals surface area contributed by atoms with Crippen molar-refractivity contribution in [1.29, 1.82) is 0 Å². The summed E-state index contributed by atoms with van der Waals surface area (Å²) < 4.78 is 2.79. The lowest BCUT2D eigenvalue weighted by molar-refractivity contribution is -0.143. The van der Waals surface area contributed by atoms with E-state index >= 15 is 0 Å². The Kier molecular flexibility index (Phi) is 2.25. The van der Waals surface area contributed by atoms with Crippen LogP contribution in [0.25, 0.3) is 0 Å². The summed E-state index contributed by atoms with van der Waals surface area (Å²) in [4.78, 5) is 21.9. The number of allylic oxidation sites excluding steroid dienone is 1. The molecule has 0 aliphatic carbocycles. The number of ketones is 1. The normalized spacial score (nSPS) is 29.1. The van der Waals surface area contributed by atoms with E-state index in [1.807, 2.05) is 0 Å². The third-order valence-electron chi connectivity index (χ3n) is 1.21. The molecule has 0 spiro atoms. The molecule has 1 aliphatic heterocycles. The zero-order chi connectivity index (χ0) is 8.48. The maximum absolute atomic E-state index is 11.0. The van der Waals surface area contributed by atoms with E-state index in [4.69, 9.17) is 11.6 Å². The highest BCUT2D eigenvalue weighted by atomic mass is 35.5. The molecule has 0 amide bonds. The number of thioether (sulfide) groups is 1. The van der Waals surface area contributed by atoms with Crippen LogP contribution in [0.2, 0.25) is 0 Å². The lowest BCUT2D eigenvalue weighted by Crippen LogP contribution is -2.35. The molecule has 60 valence electrons. The summed E-state index contributed by atoms with van der Waals surface area (Å²) in [6.45, 7) is 0. The predicted octanol–water partition coefficient (Wildman–Crippen LogP) is 0.924. The lowest BCUT2D eigenvalue weighted by atomic mass is 10.3. The Hall–Kier alpha value is -0.480. The minimum atomic E-state index is -1.56. The van der Waals surface area contributed by atoms with Crippen molar-refractivity contribution >= 4 is 35.1 Å². The molecule has 0 N–H and O–H groups in total. The topological polar surface area (TPSA) is 43.4 Å². The van der Waals surface area contributed by atoms with E-state index in [0.29, 0.717) is 0 Å². The number of methoxy groups -OCH3 is 1. The molecule has 0 fully saturated rings. The summed E-state index contributed by atoms with van der Waals surface area (Å²) in [6, 6.07) is 0. The molecule has 1 rings (SSSR count). The van der Waals surface area contributed by atoms with E-state index in [0.717, 1.165) is 11.8 Å². The lowest BCUT2D eigenvalue weighted by Gasteiger charge is -2.13. The molecule has 0 aromatic rings. The molecule has 0 aromatic carbocycles. The number of halogens is 1. The first-order valence-corrected chi connectivity index (χ1v) is 4.03. The molecule has 11 heavy (non-hydrogen) atoms. The summed E-state index contributed by atoms with van der Waals surface area (Å²) in [5.41, 5.74) is 0. The summed E-state index contributed by atoms with van der Waals surface area (Å²) in [6.07, 6.45) is 1.26. The van der Waals surface area contributed by atoms with Crippen molar-refractivity contribution in [2.24, 2.45) is 0 Å². The largest absolute Gasteiger partial charge is 0.467 e. The summed E-state index contributed by atoms with van der Waals surface area (Å²) in [7, 11) is 1.19. The van der Waals surface area contributed by atoms with E-state index in [1.165, 1.54) is 18.6 Å². The maximum atomic E-state index is 11.0. The smallest absolute Gasteiger partial charge is 0.345 e. The van der Waals surface area contributed by atoms with Gasteiger partial charge >= 0.3 is 5.97 Å². The number of alkyl halides is 1.